The van der Waals surface area contributed by atoms with E-state index < -0.39 is 0 Å². The molecule has 0 amide bonds. The number of hydrogen-bond donors (Lipinski definition) is 1. The Morgan fingerprint density at radius 1 is 1.19 bits per heavy atom. The van der Waals surface area contributed by atoms with Crippen molar-refractivity contribution in [3.63, 3.8) is 0 Å². The van der Waals surface area contributed by atoms with Crippen LogP contribution in [-0.2, 0) is 0 Å². The quantitative estimate of drug-likeness (QED) is 0.824. The lowest BCUT2D eigenvalue weighted by Crippen LogP contribution is -1.94. The van der Waals surface area contributed by atoms with Gasteiger partial charge in [-0.25, -0.2) is 4.98 Å². The summed E-state index contributed by atoms with van der Waals surface area (Å²) in [5.74, 6) is 1.65. The third-order valence-electron chi connectivity index (χ3n) is 1.81. The molecule has 5 nitrogen and oxygen atoms in total. The number of nitrogen functional groups attached to an aromatic ring is 1. The largest absolute Gasteiger partial charge is 0.461 e. The average Bonchev–Trinajstić information content (AvgIpc) is 2.30. The summed E-state index contributed by atoms with van der Waals surface area (Å²) in [4.78, 5) is 8.00. The van der Waals surface area contributed by atoms with Gasteiger partial charge in [-0.05, 0) is 18.2 Å². The summed E-state index contributed by atoms with van der Waals surface area (Å²) in [7, 11) is 2.12. The van der Waals surface area contributed by atoms with Gasteiger partial charge in [0, 0.05) is 12.3 Å². The van der Waals surface area contributed by atoms with Crippen molar-refractivity contribution >= 4 is 15.3 Å². The zero-order valence-electron chi connectivity index (χ0n) is 8.33. The fraction of sp³-hybridized carbons (Fsp3) is 0. The van der Waals surface area contributed by atoms with Crippen molar-refractivity contribution in [3.05, 3.63) is 36.5 Å². The van der Waals surface area contributed by atoms with Crippen LogP contribution >= 0.6 is 9.47 Å². The standard InChI is InChI=1S/C10H10N3O2P/c11-8-4-1-5-9(13-8)14-7-3-2-6-12-10(7)15-16/h1-6H,16H2,(H2,11,13). The molecule has 0 saturated carbocycles. The zero-order valence-corrected chi connectivity index (χ0v) is 9.48. The van der Waals surface area contributed by atoms with E-state index in [1.165, 1.54) is 0 Å². The van der Waals surface area contributed by atoms with Crippen LogP contribution in [0.25, 0.3) is 0 Å². The molecule has 6 heteroatoms. The number of hydrogen-bond acceptors (Lipinski definition) is 5. The molecule has 1 unspecified atom stereocenters. The number of aromatic nitrogens is 2. The van der Waals surface area contributed by atoms with Crippen LogP contribution in [0, 0.1) is 0 Å². The van der Waals surface area contributed by atoms with E-state index in [1.54, 1.807) is 36.5 Å². The van der Waals surface area contributed by atoms with Crippen molar-refractivity contribution < 1.29 is 9.26 Å². The second-order valence-electron chi connectivity index (χ2n) is 2.93. The highest BCUT2D eigenvalue weighted by atomic mass is 31.0. The average molecular weight is 235 g/mol. The first-order valence-corrected chi connectivity index (χ1v) is 4.99. The second kappa shape index (κ2) is 4.77. The van der Waals surface area contributed by atoms with Gasteiger partial charge in [0.25, 0.3) is 5.88 Å². The molecule has 2 heterocycles. The Bertz CT molecular complexity index is 493. The molecule has 0 aromatic carbocycles. The maximum atomic E-state index is 5.54. The zero-order chi connectivity index (χ0) is 11.4. The van der Waals surface area contributed by atoms with Gasteiger partial charge in [0.15, 0.2) is 5.75 Å². The maximum Gasteiger partial charge on any atom is 0.259 e. The summed E-state index contributed by atoms with van der Waals surface area (Å²) < 4.78 is 10.5. The van der Waals surface area contributed by atoms with Gasteiger partial charge in [0.05, 0.1) is 9.47 Å². The van der Waals surface area contributed by atoms with Crippen molar-refractivity contribution in [1.29, 1.82) is 0 Å². The number of pyridine rings is 2. The van der Waals surface area contributed by atoms with E-state index in [9.17, 15) is 0 Å². The van der Waals surface area contributed by atoms with Gasteiger partial charge in [0.2, 0.25) is 5.88 Å². The molecule has 16 heavy (non-hydrogen) atoms. The lowest BCUT2D eigenvalue weighted by molar-refractivity contribution is 0.436. The Balaban J connectivity index is 2.26. The molecular weight excluding hydrogens is 225 g/mol. The molecule has 0 aliphatic carbocycles. The van der Waals surface area contributed by atoms with Crippen LogP contribution in [0.5, 0.6) is 17.5 Å². The second-order valence-corrected chi connectivity index (χ2v) is 3.16. The summed E-state index contributed by atoms with van der Waals surface area (Å²) in [6.45, 7) is 0. The highest BCUT2D eigenvalue weighted by molar-refractivity contribution is 7.10. The number of rotatable bonds is 3. The Labute approximate surface area is 94.9 Å². The number of nitrogens with two attached hydrogens (primary N) is 1. The van der Waals surface area contributed by atoms with Crippen molar-refractivity contribution in [2.45, 2.75) is 0 Å². The number of ether oxygens (including phenoxy) is 1. The molecule has 0 aliphatic heterocycles. The van der Waals surface area contributed by atoms with E-state index in [2.05, 4.69) is 19.4 Å². The predicted molar refractivity (Wildman–Crippen MR) is 63.3 cm³/mol. The fourth-order valence-corrected chi connectivity index (χ4v) is 1.32. The molecule has 0 bridgehead atoms. The Morgan fingerprint density at radius 3 is 2.81 bits per heavy atom. The number of nitrogens with zero attached hydrogens (tertiary/aromatic N) is 2. The highest BCUT2D eigenvalue weighted by Gasteiger charge is 2.06. The van der Waals surface area contributed by atoms with Gasteiger partial charge in [-0.1, -0.05) is 6.07 Å². The first-order valence-electron chi connectivity index (χ1n) is 4.52. The van der Waals surface area contributed by atoms with Crippen molar-refractivity contribution in [2.24, 2.45) is 0 Å². The lowest BCUT2D eigenvalue weighted by atomic mass is 10.4. The van der Waals surface area contributed by atoms with Gasteiger partial charge in [0.1, 0.15) is 5.82 Å². The molecule has 0 spiro atoms. The minimum atomic E-state index is 0.372. The summed E-state index contributed by atoms with van der Waals surface area (Å²) in [6.07, 6.45) is 1.61. The molecule has 0 radical (unpaired) electrons. The Morgan fingerprint density at radius 2 is 2.06 bits per heavy atom. The van der Waals surface area contributed by atoms with E-state index >= 15 is 0 Å². The smallest absolute Gasteiger partial charge is 0.259 e. The summed E-state index contributed by atoms with van der Waals surface area (Å²) >= 11 is 0. The minimum absolute atomic E-state index is 0.372. The SMILES string of the molecule is Nc1cccc(Oc2cccnc2OP)n1. The van der Waals surface area contributed by atoms with Crippen LogP contribution in [-0.4, -0.2) is 9.97 Å². The molecule has 2 N–H and O–H groups in total. The van der Waals surface area contributed by atoms with Crippen LogP contribution in [0.15, 0.2) is 36.5 Å². The molecule has 1 atom stereocenters. The van der Waals surface area contributed by atoms with Crippen molar-refractivity contribution in [2.75, 3.05) is 5.73 Å². The fourth-order valence-electron chi connectivity index (χ4n) is 1.14. The van der Waals surface area contributed by atoms with Crippen LogP contribution in [0.2, 0.25) is 0 Å². The normalized spacial score (nSPS) is 9.81. The van der Waals surface area contributed by atoms with E-state index in [4.69, 9.17) is 15.0 Å². The van der Waals surface area contributed by atoms with Crippen LogP contribution in [0.1, 0.15) is 0 Å². The van der Waals surface area contributed by atoms with Crippen LogP contribution in [0.4, 0.5) is 5.82 Å². The minimum Gasteiger partial charge on any atom is -0.461 e. The lowest BCUT2D eigenvalue weighted by Gasteiger charge is -2.07. The van der Waals surface area contributed by atoms with Gasteiger partial charge in [-0.3, -0.25) is 0 Å². The molecule has 0 fully saturated rings. The van der Waals surface area contributed by atoms with E-state index in [1.807, 2.05) is 0 Å². The first-order chi connectivity index (χ1) is 7.79. The van der Waals surface area contributed by atoms with Crippen LogP contribution in [0.3, 0.4) is 0 Å². The van der Waals surface area contributed by atoms with Crippen molar-refractivity contribution in [1.82, 2.24) is 9.97 Å². The molecule has 2 aromatic heterocycles. The molecule has 0 aliphatic rings. The van der Waals surface area contributed by atoms with E-state index in [-0.39, 0.29) is 0 Å². The molecule has 0 saturated heterocycles. The van der Waals surface area contributed by atoms with E-state index in [0.29, 0.717) is 23.3 Å². The van der Waals surface area contributed by atoms with Crippen LogP contribution < -0.4 is 15.0 Å². The highest BCUT2D eigenvalue weighted by Crippen LogP contribution is 2.29. The summed E-state index contributed by atoms with van der Waals surface area (Å²) in [5, 5.41) is 0. The molecule has 82 valence electrons. The molecule has 2 aromatic rings. The Hall–Kier alpha value is -1.87. The Kier molecular flexibility index (Phi) is 3.17. The van der Waals surface area contributed by atoms with Crippen molar-refractivity contribution in [3.8, 4) is 17.5 Å². The molecule has 2 rings (SSSR count). The van der Waals surface area contributed by atoms with E-state index in [0.717, 1.165) is 0 Å². The number of anilines is 1. The first kappa shape index (κ1) is 10.6. The molecular formula is C10H10N3O2P. The van der Waals surface area contributed by atoms with Gasteiger partial charge >= 0.3 is 0 Å². The summed E-state index contributed by atoms with van der Waals surface area (Å²) in [6, 6.07) is 8.63. The van der Waals surface area contributed by atoms with Gasteiger partial charge in [-0.2, -0.15) is 4.98 Å². The topological polar surface area (TPSA) is 70.3 Å². The summed E-state index contributed by atoms with van der Waals surface area (Å²) in [5.41, 5.74) is 5.54. The van der Waals surface area contributed by atoms with Gasteiger partial charge in [-0.15, -0.1) is 0 Å². The van der Waals surface area contributed by atoms with Gasteiger partial charge < -0.3 is 15.0 Å². The third kappa shape index (κ3) is 2.38. The predicted octanol–water partition coefficient (Wildman–Crippen LogP) is 2.02. The maximum absolute atomic E-state index is 5.54. The third-order valence-corrected chi connectivity index (χ3v) is 2.03. The monoisotopic (exact) mass is 235 g/mol.